The molecule has 1 fully saturated rings. The van der Waals surface area contributed by atoms with Crippen LogP contribution in [0.25, 0.3) is 0 Å². The summed E-state index contributed by atoms with van der Waals surface area (Å²) < 4.78 is 0. The molecule has 0 aromatic rings. The van der Waals surface area contributed by atoms with E-state index in [-0.39, 0.29) is 30.7 Å². The summed E-state index contributed by atoms with van der Waals surface area (Å²) in [6.45, 7) is 7.89. The Morgan fingerprint density at radius 3 is 2.25 bits per heavy atom. The Kier molecular flexibility index (Phi) is 13.4. The summed E-state index contributed by atoms with van der Waals surface area (Å²) in [7, 11) is 0. The number of nitrogens with two attached hydrogens (primary N) is 2. The molecule has 1 aliphatic heterocycles. The summed E-state index contributed by atoms with van der Waals surface area (Å²) in [5, 5.41) is 17.1. The van der Waals surface area contributed by atoms with Crippen LogP contribution in [0.15, 0.2) is 0 Å². The molecule has 1 heterocycles. The Morgan fingerprint density at radius 2 is 1.69 bits per heavy atom. The number of nitrogens with one attached hydrogen (secondary N) is 3. The highest BCUT2D eigenvalue weighted by atomic mass is 16.4. The average molecular weight is 513 g/mol. The summed E-state index contributed by atoms with van der Waals surface area (Å²) in [6, 6.07) is -3.45. The predicted octanol–water partition coefficient (Wildman–Crippen LogP) is -0.694. The van der Waals surface area contributed by atoms with E-state index in [4.69, 9.17) is 11.5 Å². The van der Waals surface area contributed by atoms with E-state index in [0.717, 1.165) is 0 Å². The van der Waals surface area contributed by atoms with Gasteiger partial charge in [-0.2, -0.15) is 0 Å². The van der Waals surface area contributed by atoms with Gasteiger partial charge in [0.1, 0.15) is 18.1 Å². The Hall–Kier alpha value is -2.73. The first-order valence-corrected chi connectivity index (χ1v) is 12.7. The van der Waals surface area contributed by atoms with Gasteiger partial charge in [-0.3, -0.25) is 19.2 Å². The number of hydrogen-bond donors (Lipinski definition) is 6. The molecule has 0 spiro atoms. The first kappa shape index (κ1) is 31.3. The van der Waals surface area contributed by atoms with Crippen LogP contribution in [0.3, 0.4) is 0 Å². The van der Waals surface area contributed by atoms with Crippen LogP contribution < -0.4 is 27.4 Å². The van der Waals surface area contributed by atoms with Crippen molar-refractivity contribution in [2.75, 3.05) is 19.6 Å². The van der Waals surface area contributed by atoms with E-state index in [2.05, 4.69) is 16.0 Å². The molecular weight excluding hydrogens is 468 g/mol. The summed E-state index contributed by atoms with van der Waals surface area (Å²) in [5.74, 6) is -3.12. The molecule has 12 heteroatoms. The fraction of sp³-hybridized carbons (Fsp3) is 0.792. The van der Waals surface area contributed by atoms with Crippen molar-refractivity contribution in [1.29, 1.82) is 0 Å². The van der Waals surface area contributed by atoms with E-state index < -0.39 is 47.9 Å². The largest absolute Gasteiger partial charge is 0.480 e. The fourth-order valence-corrected chi connectivity index (χ4v) is 4.04. The highest BCUT2D eigenvalue weighted by Crippen LogP contribution is 2.19. The van der Waals surface area contributed by atoms with E-state index in [1.165, 1.54) is 4.90 Å². The number of rotatable bonds is 15. The van der Waals surface area contributed by atoms with Gasteiger partial charge >= 0.3 is 5.97 Å². The number of carboxylic acids is 1. The van der Waals surface area contributed by atoms with Crippen LogP contribution in [-0.4, -0.2) is 83.4 Å². The zero-order valence-electron chi connectivity index (χ0n) is 21.9. The van der Waals surface area contributed by atoms with Crippen molar-refractivity contribution in [3.63, 3.8) is 0 Å². The second-order valence-corrected chi connectivity index (χ2v) is 10.1. The SMILES string of the molecule is CC(C)C[C@H](NC(=O)CNC(=O)[C@@H]1CCCN1C(=O)[C@@H](N)C(C)C)C(=O)N[C@@H](CCCCN)C(=O)O. The lowest BCUT2D eigenvalue weighted by Crippen LogP contribution is -2.55. The van der Waals surface area contributed by atoms with Gasteiger partial charge in [0.25, 0.3) is 0 Å². The van der Waals surface area contributed by atoms with Crippen molar-refractivity contribution in [2.24, 2.45) is 23.3 Å². The number of nitrogens with zero attached hydrogens (tertiary/aromatic N) is 1. The minimum atomic E-state index is -1.16. The van der Waals surface area contributed by atoms with Crippen LogP contribution in [0.1, 0.15) is 66.2 Å². The van der Waals surface area contributed by atoms with Gasteiger partial charge in [0, 0.05) is 6.54 Å². The number of carboxylic acid groups (broad SMARTS) is 1. The molecule has 0 saturated carbocycles. The van der Waals surface area contributed by atoms with Gasteiger partial charge < -0.3 is 37.4 Å². The highest BCUT2D eigenvalue weighted by molar-refractivity contribution is 5.94. The quantitative estimate of drug-likeness (QED) is 0.155. The Labute approximate surface area is 213 Å². The molecule has 0 aromatic heterocycles. The lowest BCUT2D eigenvalue weighted by atomic mass is 10.0. The van der Waals surface area contributed by atoms with E-state index in [1.54, 1.807) is 0 Å². The van der Waals surface area contributed by atoms with Crippen molar-refractivity contribution in [2.45, 2.75) is 90.4 Å². The highest BCUT2D eigenvalue weighted by Gasteiger charge is 2.37. The number of unbranched alkanes of at least 4 members (excludes halogenated alkanes) is 1. The molecular formula is C24H44N6O6. The maximum Gasteiger partial charge on any atom is 0.326 e. The molecule has 1 aliphatic rings. The van der Waals surface area contributed by atoms with Crippen molar-refractivity contribution in [1.82, 2.24) is 20.9 Å². The lowest BCUT2D eigenvalue weighted by Gasteiger charge is -2.28. The molecule has 206 valence electrons. The number of carbonyl (C=O) groups excluding carboxylic acids is 4. The third-order valence-electron chi connectivity index (χ3n) is 6.19. The molecule has 0 bridgehead atoms. The van der Waals surface area contributed by atoms with E-state index in [9.17, 15) is 29.1 Å². The van der Waals surface area contributed by atoms with E-state index in [0.29, 0.717) is 45.2 Å². The molecule has 1 saturated heterocycles. The third-order valence-corrected chi connectivity index (χ3v) is 6.19. The molecule has 4 atom stereocenters. The topological polar surface area (TPSA) is 197 Å². The van der Waals surface area contributed by atoms with Gasteiger partial charge in [-0.15, -0.1) is 0 Å². The summed E-state index contributed by atoms with van der Waals surface area (Å²) in [6.07, 6.45) is 2.84. The van der Waals surface area contributed by atoms with Crippen molar-refractivity contribution in [3.05, 3.63) is 0 Å². The van der Waals surface area contributed by atoms with Gasteiger partial charge in [-0.25, -0.2) is 4.79 Å². The first-order valence-electron chi connectivity index (χ1n) is 12.7. The molecule has 0 unspecified atom stereocenters. The number of amides is 4. The van der Waals surface area contributed by atoms with Crippen LogP contribution in [0.2, 0.25) is 0 Å². The minimum absolute atomic E-state index is 0.0411. The fourth-order valence-electron chi connectivity index (χ4n) is 4.04. The second-order valence-electron chi connectivity index (χ2n) is 10.1. The molecule has 1 rings (SSSR count). The van der Waals surface area contributed by atoms with Gasteiger partial charge in [0.2, 0.25) is 23.6 Å². The number of likely N-dealkylation sites (tertiary alicyclic amines) is 1. The van der Waals surface area contributed by atoms with Crippen molar-refractivity contribution >= 4 is 29.6 Å². The molecule has 0 aromatic carbocycles. The molecule has 0 radical (unpaired) electrons. The monoisotopic (exact) mass is 512 g/mol. The normalized spacial score (nSPS) is 18.0. The zero-order chi connectivity index (χ0) is 27.4. The maximum atomic E-state index is 12.8. The smallest absolute Gasteiger partial charge is 0.326 e. The van der Waals surface area contributed by atoms with Gasteiger partial charge in [-0.1, -0.05) is 27.7 Å². The van der Waals surface area contributed by atoms with Gasteiger partial charge in [0.15, 0.2) is 0 Å². The average Bonchev–Trinajstić information content (AvgIpc) is 3.30. The number of hydrogen-bond acceptors (Lipinski definition) is 7. The molecule has 12 nitrogen and oxygen atoms in total. The van der Waals surface area contributed by atoms with Crippen molar-refractivity contribution in [3.8, 4) is 0 Å². The Morgan fingerprint density at radius 1 is 1.03 bits per heavy atom. The maximum absolute atomic E-state index is 12.8. The van der Waals surface area contributed by atoms with Crippen LogP contribution >= 0.6 is 0 Å². The summed E-state index contributed by atoms with van der Waals surface area (Å²) in [5.41, 5.74) is 11.4. The third kappa shape index (κ3) is 10.1. The predicted molar refractivity (Wildman–Crippen MR) is 134 cm³/mol. The lowest BCUT2D eigenvalue weighted by molar-refractivity contribution is -0.142. The number of aliphatic carboxylic acids is 1. The van der Waals surface area contributed by atoms with Crippen LogP contribution in [0, 0.1) is 11.8 Å². The van der Waals surface area contributed by atoms with Gasteiger partial charge in [0.05, 0.1) is 12.6 Å². The summed E-state index contributed by atoms with van der Waals surface area (Å²) >= 11 is 0. The zero-order valence-corrected chi connectivity index (χ0v) is 21.9. The molecule has 4 amide bonds. The van der Waals surface area contributed by atoms with Crippen molar-refractivity contribution < 1.29 is 29.1 Å². The molecule has 36 heavy (non-hydrogen) atoms. The van der Waals surface area contributed by atoms with Crippen LogP contribution in [-0.2, 0) is 24.0 Å². The standard InChI is InChI=1S/C24H44N6O6/c1-14(2)12-17(21(32)29-16(24(35)36)8-5-6-10-25)28-19(31)13-27-22(33)18-9-7-11-30(18)23(34)20(26)15(3)4/h14-18,20H,5-13,25-26H2,1-4H3,(H,27,33)(H,28,31)(H,29,32)(H,35,36)/t16-,17-,18-,20-/m0/s1. The second kappa shape index (κ2) is 15.4. The van der Waals surface area contributed by atoms with E-state index in [1.807, 2.05) is 27.7 Å². The van der Waals surface area contributed by atoms with Crippen LogP contribution in [0.4, 0.5) is 0 Å². The molecule has 0 aliphatic carbocycles. The first-order chi connectivity index (χ1) is 16.9. The van der Waals surface area contributed by atoms with Gasteiger partial charge in [-0.05, 0) is 56.9 Å². The minimum Gasteiger partial charge on any atom is -0.480 e. The molecule has 8 N–H and O–H groups in total. The summed E-state index contributed by atoms with van der Waals surface area (Å²) in [4.78, 5) is 63.7. The Bertz CT molecular complexity index is 774. The Balaban J connectivity index is 2.72. The number of carbonyl (C=O) groups is 5. The van der Waals surface area contributed by atoms with E-state index >= 15 is 0 Å². The van der Waals surface area contributed by atoms with Crippen LogP contribution in [0.5, 0.6) is 0 Å².